The van der Waals surface area contributed by atoms with Gasteiger partial charge in [0, 0.05) is 0 Å². The van der Waals surface area contributed by atoms with Crippen LogP contribution in [0.25, 0.3) is 0 Å². The second-order valence-electron chi connectivity index (χ2n) is 2.97. The summed E-state index contributed by atoms with van der Waals surface area (Å²) < 4.78 is 0. The Labute approximate surface area is 79.0 Å². The molecule has 2 rings (SSSR count). The van der Waals surface area contributed by atoms with Crippen molar-refractivity contribution in [3.8, 4) is 6.07 Å². The van der Waals surface area contributed by atoms with E-state index in [0.29, 0.717) is 5.92 Å². The number of nitrogens with two attached hydrogens (primary N) is 1. The van der Waals surface area contributed by atoms with E-state index in [1.54, 1.807) is 0 Å². The van der Waals surface area contributed by atoms with Crippen molar-refractivity contribution >= 4 is 0 Å². The van der Waals surface area contributed by atoms with Crippen LogP contribution in [0.2, 0.25) is 0 Å². The molecular weight excluding hydrogens is 160 g/mol. The largest absolute Gasteiger partial charge is 0.333 e. The van der Waals surface area contributed by atoms with E-state index in [0.717, 1.165) is 5.56 Å². The van der Waals surface area contributed by atoms with Crippen LogP contribution in [0.3, 0.4) is 0 Å². The standard InChI is InChI=1S/C10H9N.CH5N/c11-7-9-3-1-2-4-10(9)8-5-6-8;1-2/h1-4,8H,5-6H2;2H2,1H3. The molecule has 2 N–H and O–H groups in total. The molecule has 0 aliphatic heterocycles. The van der Waals surface area contributed by atoms with Gasteiger partial charge in [0.1, 0.15) is 0 Å². The number of rotatable bonds is 1. The van der Waals surface area contributed by atoms with Crippen molar-refractivity contribution in [2.75, 3.05) is 7.05 Å². The lowest BCUT2D eigenvalue weighted by Gasteiger charge is -1.98. The molecule has 0 amide bonds. The maximum Gasteiger partial charge on any atom is 0.0994 e. The van der Waals surface area contributed by atoms with Crippen LogP contribution < -0.4 is 5.73 Å². The van der Waals surface area contributed by atoms with Crippen molar-refractivity contribution in [1.82, 2.24) is 0 Å². The molecule has 68 valence electrons. The fourth-order valence-electron chi connectivity index (χ4n) is 1.35. The molecule has 1 fully saturated rings. The molecule has 0 saturated heterocycles. The van der Waals surface area contributed by atoms with Gasteiger partial charge in [-0.2, -0.15) is 5.26 Å². The molecule has 0 heterocycles. The quantitative estimate of drug-likeness (QED) is 0.708. The fraction of sp³-hybridized carbons (Fsp3) is 0.364. The summed E-state index contributed by atoms with van der Waals surface area (Å²) in [4.78, 5) is 0. The first-order chi connectivity index (χ1) is 6.42. The number of hydrogen-bond acceptors (Lipinski definition) is 2. The zero-order chi connectivity index (χ0) is 9.68. The molecule has 0 bridgehead atoms. The zero-order valence-electron chi connectivity index (χ0n) is 7.83. The Hall–Kier alpha value is -1.33. The molecule has 2 heteroatoms. The van der Waals surface area contributed by atoms with Crippen LogP contribution in [0, 0.1) is 11.3 Å². The molecule has 0 radical (unpaired) electrons. The second kappa shape index (κ2) is 4.64. The number of nitriles is 1. The molecule has 1 aliphatic carbocycles. The lowest BCUT2D eigenvalue weighted by atomic mass is 10.0. The van der Waals surface area contributed by atoms with Gasteiger partial charge in [-0.25, -0.2) is 0 Å². The number of benzene rings is 1. The van der Waals surface area contributed by atoms with Crippen LogP contribution in [0.15, 0.2) is 24.3 Å². The molecule has 0 aromatic heterocycles. The molecule has 1 aliphatic rings. The van der Waals surface area contributed by atoms with Gasteiger partial charge in [-0.15, -0.1) is 0 Å². The Morgan fingerprint density at radius 2 is 1.92 bits per heavy atom. The molecule has 0 spiro atoms. The third kappa shape index (κ3) is 2.30. The Bertz CT molecular complexity index is 308. The first-order valence-corrected chi connectivity index (χ1v) is 4.48. The Morgan fingerprint density at radius 1 is 1.31 bits per heavy atom. The van der Waals surface area contributed by atoms with Crippen LogP contribution in [0.1, 0.15) is 29.9 Å². The Kier molecular flexibility index (Phi) is 3.48. The molecule has 2 nitrogen and oxygen atoms in total. The summed E-state index contributed by atoms with van der Waals surface area (Å²) in [5, 5.41) is 8.75. The van der Waals surface area contributed by atoms with Crippen LogP contribution in [-0.2, 0) is 0 Å². The summed E-state index contributed by atoms with van der Waals surface area (Å²) >= 11 is 0. The SMILES string of the molecule is CN.N#Cc1ccccc1C1CC1. The van der Waals surface area contributed by atoms with Crippen molar-refractivity contribution in [3.63, 3.8) is 0 Å². The van der Waals surface area contributed by atoms with Crippen LogP contribution in [0.5, 0.6) is 0 Å². The van der Waals surface area contributed by atoms with Gasteiger partial charge in [0.25, 0.3) is 0 Å². The zero-order valence-corrected chi connectivity index (χ0v) is 7.83. The first kappa shape index (κ1) is 9.76. The highest BCUT2D eigenvalue weighted by Gasteiger charge is 2.25. The highest BCUT2D eigenvalue weighted by Crippen LogP contribution is 2.41. The van der Waals surface area contributed by atoms with E-state index in [1.807, 2.05) is 18.2 Å². The summed E-state index contributed by atoms with van der Waals surface area (Å²) in [5.74, 6) is 0.686. The van der Waals surface area contributed by atoms with Crippen molar-refractivity contribution in [2.24, 2.45) is 5.73 Å². The normalized spacial score (nSPS) is 13.9. The molecule has 0 atom stereocenters. The van der Waals surface area contributed by atoms with E-state index in [4.69, 9.17) is 5.26 Å². The summed E-state index contributed by atoms with van der Waals surface area (Å²) in [6.45, 7) is 0. The highest BCUT2D eigenvalue weighted by atomic mass is 14.4. The highest BCUT2D eigenvalue weighted by molar-refractivity contribution is 5.41. The molecule has 13 heavy (non-hydrogen) atoms. The third-order valence-corrected chi connectivity index (χ3v) is 2.10. The van der Waals surface area contributed by atoms with Gasteiger partial charge in [0.05, 0.1) is 11.6 Å². The van der Waals surface area contributed by atoms with Gasteiger partial charge < -0.3 is 5.73 Å². The van der Waals surface area contributed by atoms with Crippen molar-refractivity contribution in [2.45, 2.75) is 18.8 Å². The summed E-state index contributed by atoms with van der Waals surface area (Å²) in [5.41, 5.74) is 6.60. The minimum Gasteiger partial charge on any atom is -0.333 e. The lowest BCUT2D eigenvalue weighted by molar-refractivity contribution is 1.12. The van der Waals surface area contributed by atoms with Gasteiger partial charge in [-0.1, -0.05) is 18.2 Å². The first-order valence-electron chi connectivity index (χ1n) is 4.48. The predicted molar refractivity (Wildman–Crippen MR) is 53.2 cm³/mol. The van der Waals surface area contributed by atoms with Crippen LogP contribution in [-0.4, -0.2) is 7.05 Å². The van der Waals surface area contributed by atoms with E-state index in [1.165, 1.54) is 25.5 Å². The van der Waals surface area contributed by atoms with Crippen molar-refractivity contribution < 1.29 is 0 Å². The van der Waals surface area contributed by atoms with E-state index in [-0.39, 0.29) is 0 Å². The van der Waals surface area contributed by atoms with Gasteiger partial charge >= 0.3 is 0 Å². The minimum atomic E-state index is 0.686. The smallest absolute Gasteiger partial charge is 0.0994 e. The maximum atomic E-state index is 8.75. The Balaban J connectivity index is 0.000000396. The molecular formula is C11H14N2. The lowest BCUT2D eigenvalue weighted by Crippen LogP contribution is -1.84. The van der Waals surface area contributed by atoms with Gasteiger partial charge in [-0.3, -0.25) is 0 Å². The number of hydrogen-bond donors (Lipinski definition) is 1. The van der Waals surface area contributed by atoms with Crippen LogP contribution >= 0.6 is 0 Å². The van der Waals surface area contributed by atoms with Gasteiger partial charge in [0.15, 0.2) is 0 Å². The summed E-state index contributed by atoms with van der Waals surface area (Å²) in [6, 6.07) is 10.1. The topological polar surface area (TPSA) is 49.8 Å². The monoisotopic (exact) mass is 174 g/mol. The minimum absolute atomic E-state index is 0.686. The molecule has 1 aromatic carbocycles. The summed E-state index contributed by atoms with van der Waals surface area (Å²) in [7, 11) is 1.50. The number of nitrogens with zero attached hydrogens (tertiary/aromatic N) is 1. The van der Waals surface area contributed by atoms with Crippen molar-refractivity contribution in [3.05, 3.63) is 35.4 Å². The summed E-state index contributed by atoms with van der Waals surface area (Å²) in [6.07, 6.45) is 2.53. The molecule has 0 unspecified atom stereocenters. The molecule has 1 saturated carbocycles. The van der Waals surface area contributed by atoms with Crippen molar-refractivity contribution in [1.29, 1.82) is 5.26 Å². The average molecular weight is 174 g/mol. The van der Waals surface area contributed by atoms with E-state index in [2.05, 4.69) is 17.9 Å². The van der Waals surface area contributed by atoms with E-state index in [9.17, 15) is 0 Å². The third-order valence-electron chi connectivity index (χ3n) is 2.10. The fourth-order valence-corrected chi connectivity index (χ4v) is 1.35. The second-order valence-corrected chi connectivity index (χ2v) is 2.97. The van der Waals surface area contributed by atoms with E-state index < -0.39 is 0 Å². The van der Waals surface area contributed by atoms with E-state index >= 15 is 0 Å². The maximum absolute atomic E-state index is 8.75. The van der Waals surface area contributed by atoms with Crippen LogP contribution in [0.4, 0.5) is 0 Å². The van der Waals surface area contributed by atoms with Gasteiger partial charge in [-0.05, 0) is 37.4 Å². The Morgan fingerprint density at radius 3 is 2.46 bits per heavy atom. The molecule has 1 aromatic rings. The van der Waals surface area contributed by atoms with Gasteiger partial charge in [0.2, 0.25) is 0 Å². The predicted octanol–water partition coefficient (Wildman–Crippen LogP) is 2.01. The average Bonchev–Trinajstić information content (AvgIpc) is 3.04.